The van der Waals surface area contributed by atoms with Crippen LogP contribution in [0.3, 0.4) is 0 Å². The fourth-order valence-corrected chi connectivity index (χ4v) is 3.86. The van der Waals surface area contributed by atoms with Gasteiger partial charge in [-0.1, -0.05) is 24.3 Å². The normalized spacial score (nSPS) is 11.9. The van der Waals surface area contributed by atoms with Crippen molar-refractivity contribution < 1.29 is 14.5 Å². The summed E-state index contributed by atoms with van der Waals surface area (Å²) < 4.78 is 4.96. The van der Waals surface area contributed by atoms with Crippen LogP contribution in [-0.4, -0.2) is 23.1 Å². The van der Waals surface area contributed by atoms with E-state index in [2.05, 4.69) is 22.8 Å². The highest BCUT2D eigenvalue weighted by molar-refractivity contribution is 7.80. The minimum Gasteiger partial charge on any atom is -0.490 e. The lowest BCUT2D eigenvalue weighted by Crippen LogP contribution is -2.34. The molecule has 1 amide bonds. The SMILES string of the molecule is COc1ccc(C(=O)NC(=S)Nc2ccc3c4c(cccc24)CC3)cc1[N+](=O)[O-]. The standard InChI is InChI=1S/C21H17N3O4S/c1-28-18-10-8-14(11-17(18)24(26)27)20(25)23-21(29)22-16-9-7-13-6-5-12-3-2-4-15(16)19(12)13/h2-4,7-11H,5-6H2,1H3,(H2,22,23,25,29). The first-order chi connectivity index (χ1) is 14.0. The van der Waals surface area contributed by atoms with Crippen LogP contribution in [0.1, 0.15) is 21.5 Å². The van der Waals surface area contributed by atoms with Crippen LogP contribution in [0, 0.1) is 10.1 Å². The van der Waals surface area contributed by atoms with Crippen LogP contribution in [0.15, 0.2) is 48.5 Å². The second-order valence-corrected chi connectivity index (χ2v) is 7.07. The van der Waals surface area contributed by atoms with Crippen LogP contribution >= 0.6 is 12.2 Å². The van der Waals surface area contributed by atoms with Crippen molar-refractivity contribution in [3.63, 3.8) is 0 Å². The largest absolute Gasteiger partial charge is 0.490 e. The fraction of sp³-hybridized carbons (Fsp3) is 0.143. The first-order valence-corrected chi connectivity index (χ1v) is 9.37. The van der Waals surface area contributed by atoms with E-state index >= 15 is 0 Å². The first-order valence-electron chi connectivity index (χ1n) is 8.96. The fourth-order valence-electron chi connectivity index (χ4n) is 3.66. The van der Waals surface area contributed by atoms with Crippen molar-refractivity contribution in [2.24, 2.45) is 0 Å². The summed E-state index contributed by atoms with van der Waals surface area (Å²) in [6.45, 7) is 0. The molecule has 29 heavy (non-hydrogen) atoms. The zero-order valence-corrected chi connectivity index (χ0v) is 16.3. The topological polar surface area (TPSA) is 93.5 Å². The molecule has 0 spiro atoms. The molecule has 0 fully saturated rings. The summed E-state index contributed by atoms with van der Waals surface area (Å²) in [7, 11) is 1.33. The lowest BCUT2D eigenvalue weighted by atomic mass is 10.0. The molecule has 7 nitrogen and oxygen atoms in total. The number of benzene rings is 3. The molecule has 0 saturated carbocycles. The van der Waals surface area contributed by atoms with Crippen LogP contribution in [0.4, 0.5) is 11.4 Å². The predicted molar refractivity (Wildman–Crippen MR) is 115 cm³/mol. The smallest absolute Gasteiger partial charge is 0.311 e. The van der Waals surface area contributed by atoms with Gasteiger partial charge in [-0.25, -0.2) is 0 Å². The molecule has 1 aliphatic carbocycles. The van der Waals surface area contributed by atoms with Gasteiger partial charge in [0.05, 0.1) is 12.0 Å². The van der Waals surface area contributed by atoms with Gasteiger partial charge in [-0.15, -0.1) is 0 Å². The maximum absolute atomic E-state index is 12.5. The van der Waals surface area contributed by atoms with E-state index < -0.39 is 10.8 Å². The number of thiocarbonyl (C=S) groups is 1. The monoisotopic (exact) mass is 407 g/mol. The third-order valence-electron chi connectivity index (χ3n) is 4.99. The van der Waals surface area contributed by atoms with Gasteiger partial charge in [0.15, 0.2) is 10.9 Å². The van der Waals surface area contributed by atoms with Crippen molar-refractivity contribution in [2.45, 2.75) is 12.8 Å². The Morgan fingerprint density at radius 2 is 1.90 bits per heavy atom. The van der Waals surface area contributed by atoms with Crippen molar-refractivity contribution >= 4 is 45.4 Å². The Labute approximate surface area is 171 Å². The minimum atomic E-state index is -0.598. The van der Waals surface area contributed by atoms with Crippen LogP contribution < -0.4 is 15.4 Å². The Hall–Kier alpha value is -3.52. The quantitative estimate of drug-likeness (QED) is 0.386. The molecule has 0 aliphatic heterocycles. The third-order valence-corrected chi connectivity index (χ3v) is 5.19. The van der Waals surface area contributed by atoms with Gasteiger partial charge in [-0.05, 0) is 59.8 Å². The van der Waals surface area contributed by atoms with Gasteiger partial charge in [-0.2, -0.15) is 0 Å². The van der Waals surface area contributed by atoms with E-state index in [-0.39, 0.29) is 22.1 Å². The molecule has 3 aromatic carbocycles. The summed E-state index contributed by atoms with van der Waals surface area (Å²) in [6, 6.07) is 14.2. The van der Waals surface area contributed by atoms with Crippen LogP contribution in [-0.2, 0) is 12.8 Å². The Morgan fingerprint density at radius 1 is 1.14 bits per heavy atom. The van der Waals surface area contributed by atoms with E-state index in [1.165, 1.54) is 35.8 Å². The molecule has 146 valence electrons. The summed E-state index contributed by atoms with van der Waals surface area (Å²) in [5.41, 5.74) is 3.25. The summed E-state index contributed by atoms with van der Waals surface area (Å²) in [5, 5.41) is 19.2. The van der Waals surface area contributed by atoms with E-state index in [0.717, 1.165) is 30.0 Å². The molecule has 0 aromatic heterocycles. The van der Waals surface area contributed by atoms with Crippen LogP contribution in [0.5, 0.6) is 5.75 Å². The van der Waals surface area contributed by atoms with Crippen LogP contribution in [0.25, 0.3) is 10.8 Å². The number of carbonyl (C=O) groups excluding carboxylic acids is 1. The number of amides is 1. The zero-order valence-electron chi connectivity index (χ0n) is 15.5. The second-order valence-electron chi connectivity index (χ2n) is 6.66. The number of hydrogen-bond acceptors (Lipinski definition) is 5. The van der Waals surface area contributed by atoms with Gasteiger partial charge in [0.1, 0.15) is 0 Å². The summed E-state index contributed by atoms with van der Waals surface area (Å²) >= 11 is 5.29. The number of methoxy groups -OCH3 is 1. The molecule has 4 rings (SSSR count). The zero-order chi connectivity index (χ0) is 20.5. The number of nitro groups is 1. The van der Waals surface area contributed by atoms with E-state index in [1.807, 2.05) is 18.2 Å². The molecule has 0 atom stereocenters. The average molecular weight is 407 g/mol. The maximum Gasteiger partial charge on any atom is 0.311 e. The highest BCUT2D eigenvalue weighted by atomic mass is 32.1. The van der Waals surface area contributed by atoms with Crippen molar-refractivity contribution in [3.8, 4) is 5.75 Å². The van der Waals surface area contributed by atoms with Gasteiger partial charge in [-0.3, -0.25) is 20.2 Å². The van der Waals surface area contributed by atoms with E-state index in [0.29, 0.717) is 0 Å². The Morgan fingerprint density at radius 3 is 2.62 bits per heavy atom. The average Bonchev–Trinajstić information content (AvgIpc) is 3.14. The Balaban J connectivity index is 1.54. The number of ether oxygens (including phenoxy) is 1. The Kier molecular flexibility index (Phi) is 4.85. The van der Waals surface area contributed by atoms with Crippen molar-refractivity contribution in [1.82, 2.24) is 5.32 Å². The molecular weight excluding hydrogens is 390 g/mol. The predicted octanol–water partition coefficient (Wildman–Crippen LogP) is 3.98. The van der Waals surface area contributed by atoms with E-state index in [1.54, 1.807) is 0 Å². The lowest BCUT2D eigenvalue weighted by molar-refractivity contribution is -0.385. The molecule has 0 bridgehead atoms. The van der Waals surface area contributed by atoms with Crippen molar-refractivity contribution in [2.75, 3.05) is 12.4 Å². The molecular formula is C21H17N3O4S. The first kappa shape index (κ1) is 18.8. The third kappa shape index (κ3) is 3.50. The highest BCUT2D eigenvalue weighted by Gasteiger charge is 2.20. The van der Waals surface area contributed by atoms with Crippen molar-refractivity contribution in [1.29, 1.82) is 0 Å². The number of nitrogens with zero attached hydrogens (tertiary/aromatic N) is 1. The van der Waals surface area contributed by atoms with Gasteiger partial charge < -0.3 is 10.1 Å². The van der Waals surface area contributed by atoms with E-state index in [4.69, 9.17) is 17.0 Å². The van der Waals surface area contributed by atoms with Gasteiger partial charge in [0, 0.05) is 22.7 Å². The molecule has 0 radical (unpaired) electrons. The Bertz CT molecular complexity index is 1170. The maximum atomic E-state index is 12.5. The van der Waals surface area contributed by atoms with Crippen LogP contribution in [0.2, 0.25) is 0 Å². The number of aryl methyl sites for hydroxylation is 2. The summed E-state index contributed by atoms with van der Waals surface area (Å²) in [4.78, 5) is 23.1. The van der Waals surface area contributed by atoms with Crippen molar-refractivity contribution in [3.05, 3.63) is 75.3 Å². The molecule has 3 aromatic rings. The summed E-state index contributed by atoms with van der Waals surface area (Å²) in [6.07, 6.45) is 2.04. The number of anilines is 1. The number of nitro benzene ring substituents is 1. The van der Waals surface area contributed by atoms with Gasteiger partial charge in [0.2, 0.25) is 0 Å². The minimum absolute atomic E-state index is 0.0835. The molecule has 0 saturated heterocycles. The highest BCUT2D eigenvalue weighted by Crippen LogP contribution is 2.35. The number of carbonyl (C=O) groups is 1. The lowest BCUT2D eigenvalue weighted by Gasteiger charge is -2.13. The number of nitrogens with one attached hydrogen (secondary N) is 2. The number of hydrogen-bond donors (Lipinski definition) is 2. The number of rotatable bonds is 4. The molecule has 2 N–H and O–H groups in total. The molecule has 0 heterocycles. The molecule has 1 aliphatic rings. The van der Waals surface area contributed by atoms with E-state index in [9.17, 15) is 14.9 Å². The summed E-state index contributed by atoms with van der Waals surface area (Å²) in [5.74, 6) is -0.459. The second kappa shape index (κ2) is 7.48. The molecule has 0 unspecified atom stereocenters. The van der Waals surface area contributed by atoms with Gasteiger partial charge >= 0.3 is 5.69 Å². The van der Waals surface area contributed by atoms with Gasteiger partial charge in [0.25, 0.3) is 5.91 Å². The molecule has 8 heteroatoms.